The molecule has 2 N–H and O–H groups in total. The Labute approximate surface area is 89.9 Å². The Morgan fingerprint density at radius 1 is 1.50 bits per heavy atom. The zero-order chi connectivity index (χ0) is 10.6. The maximum absolute atomic E-state index is 8.82. The molecule has 1 atom stereocenters. The van der Waals surface area contributed by atoms with E-state index >= 15 is 0 Å². The summed E-state index contributed by atoms with van der Waals surface area (Å²) in [6.45, 7) is 4.81. The smallest absolute Gasteiger partial charge is 0.0582 e. The molecular formula is C11H16ClNO. The lowest BCUT2D eigenvalue weighted by Crippen LogP contribution is -2.28. The minimum absolute atomic E-state index is 0.120. The molecule has 3 heteroatoms. The van der Waals surface area contributed by atoms with Gasteiger partial charge >= 0.3 is 0 Å². The zero-order valence-electron chi connectivity index (χ0n) is 8.55. The van der Waals surface area contributed by atoms with Gasteiger partial charge in [0.15, 0.2) is 0 Å². The molecular weight excluding hydrogens is 198 g/mol. The van der Waals surface area contributed by atoms with Crippen molar-refractivity contribution in [1.82, 2.24) is 5.32 Å². The molecule has 0 amide bonds. The van der Waals surface area contributed by atoms with E-state index in [0.29, 0.717) is 0 Å². The van der Waals surface area contributed by atoms with Gasteiger partial charge < -0.3 is 10.4 Å². The second-order valence-corrected chi connectivity index (χ2v) is 3.96. The molecule has 1 rings (SSSR count). The Balaban J connectivity index is 2.55. The van der Waals surface area contributed by atoms with Crippen LogP contribution in [0.4, 0.5) is 0 Å². The first-order valence-corrected chi connectivity index (χ1v) is 5.10. The van der Waals surface area contributed by atoms with Crippen LogP contribution in [0, 0.1) is 6.92 Å². The van der Waals surface area contributed by atoms with Crippen molar-refractivity contribution < 1.29 is 5.11 Å². The molecule has 0 aliphatic heterocycles. The minimum atomic E-state index is 0.120. The molecule has 0 fully saturated rings. The van der Waals surface area contributed by atoms with Gasteiger partial charge in [0.2, 0.25) is 0 Å². The third kappa shape index (κ3) is 3.29. The van der Waals surface area contributed by atoms with Crippen LogP contribution in [0.1, 0.15) is 18.1 Å². The van der Waals surface area contributed by atoms with E-state index in [2.05, 4.69) is 5.32 Å². The normalized spacial score (nSPS) is 12.9. The summed E-state index contributed by atoms with van der Waals surface area (Å²) in [5.41, 5.74) is 2.23. The van der Waals surface area contributed by atoms with E-state index in [9.17, 15) is 0 Å². The van der Waals surface area contributed by atoms with Gasteiger partial charge in [0.25, 0.3) is 0 Å². The van der Waals surface area contributed by atoms with Crippen molar-refractivity contribution in [2.24, 2.45) is 0 Å². The van der Waals surface area contributed by atoms with E-state index in [1.54, 1.807) is 0 Å². The van der Waals surface area contributed by atoms with Crippen LogP contribution in [-0.4, -0.2) is 17.8 Å². The first-order valence-electron chi connectivity index (χ1n) is 4.72. The van der Waals surface area contributed by atoms with E-state index < -0.39 is 0 Å². The first kappa shape index (κ1) is 11.5. The lowest BCUT2D eigenvalue weighted by Gasteiger charge is -2.11. The van der Waals surface area contributed by atoms with E-state index in [1.807, 2.05) is 32.0 Å². The molecule has 0 heterocycles. The number of aryl methyl sites for hydroxylation is 1. The largest absolute Gasteiger partial charge is 0.395 e. The lowest BCUT2D eigenvalue weighted by atomic mass is 10.1. The van der Waals surface area contributed by atoms with Gasteiger partial charge in [0.05, 0.1) is 6.61 Å². The fraction of sp³-hybridized carbons (Fsp3) is 0.455. The summed E-state index contributed by atoms with van der Waals surface area (Å²) in [5, 5.41) is 12.8. The van der Waals surface area contributed by atoms with Gasteiger partial charge in [0.1, 0.15) is 0 Å². The second kappa shape index (κ2) is 5.35. The predicted octanol–water partition coefficient (Wildman–Crippen LogP) is 2.12. The van der Waals surface area contributed by atoms with E-state index in [1.165, 1.54) is 0 Å². The molecule has 0 aliphatic rings. The maximum atomic E-state index is 8.82. The van der Waals surface area contributed by atoms with Crippen molar-refractivity contribution >= 4 is 11.6 Å². The van der Waals surface area contributed by atoms with Crippen molar-refractivity contribution in [3.63, 3.8) is 0 Å². The van der Waals surface area contributed by atoms with Crippen molar-refractivity contribution in [3.05, 3.63) is 34.3 Å². The third-order valence-electron chi connectivity index (χ3n) is 2.16. The fourth-order valence-electron chi connectivity index (χ4n) is 1.10. The number of aliphatic hydroxyl groups is 1. The SMILES string of the molecule is Cc1ccc(CNC(C)CO)cc1Cl. The number of halogens is 1. The van der Waals surface area contributed by atoms with Crippen LogP contribution < -0.4 is 5.32 Å². The summed E-state index contributed by atoms with van der Waals surface area (Å²) in [5.74, 6) is 0. The standard InChI is InChI=1S/C11H16ClNO/c1-8-3-4-10(5-11(8)12)6-13-9(2)7-14/h3-5,9,13-14H,6-7H2,1-2H3. The van der Waals surface area contributed by atoms with Gasteiger partial charge in [-0.3, -0.25) is 0 Å². The zero-order valence-corrected chi connectivity index (χ0v) is 9.30. The van der Waals surface area contributed by atoms with Crippen LogP contribution in [0.2, 0.25) is 5.02 Å². The summed E-state index contributed by atoms with van der Waals surface area (Å²) in [4.78, 5) is 0. The van der Waals surface area contributed by atoms with Gasteiger partial charge in [-0.2, -0.15) is 0 Å². The molecule has 14 heavy (non-hydrogen) atoms. The Hall–Kier alpha value is -0.570. The molecule has 0 aromatic heterocycles. The average molecular weight is 214 g/mol. The molecule has 0 aliphatic carbocycles. The molecule has 1 unspecified atom stereocenters. The molecule has 78 valence electrons. The van der Waals surface area contributed by atoms with Crippen molar-refractivity contribution in [2.45, 2.75) is 26.4 Å². The molecule has 0 spiro atoms. The summed E-state index contributed by atoms with van der Waals surface area (Å²) in [7, 11) is 0. The number of hydrogen-bond donors (Lipinski definition) is 2. The number of rotatable bonds is 4. The minimum Gasteiger partial charge on any atom is -0.395 e. The second-order valence-electron chi connectivity index (χ2n) is 3.55. The van der Waals surface area contributed by atoms with Crippen LogP contribution in [0.25, 0.3) is 0 Å². The van der Waals surface area contributed by atoms with E-state index in [4.69, 9.17) is 16.7 Å². The Bertz CT molecular complexity index is 301. The molecule has 1 aromatic rings. The monoisotopic (exact) mass is 213 g/mol. The number of hydrogen-bond acceptors (Lipinski definition) is 2. The van der Waals surface area contributed by atoms with Crippen LogP contribution in [-0.2, 0) is 6.54 Å². The highest BCUT2D eigenvalue weighted by atomic mass is 35.5. The Morgan fingerprint density at radius 2 is 2.21 bits per heavy atom. The quantitative estimate of drug-likeness (QED) is 0.803. The highest BCUT2D eigenvalue weighted by Crippen LogP contribution is 2.16. The summed E-state index contributed by atoms with van der Waals surface area (Å²) >= 11 is 5.99. The average Bonchev–Trinajstić information content (AvgIpc) is 2.19. The van der Waals surface area contributed by atoms with Crippen LogP contribution in [0.15, 0.2) is 18.2 Å². The van der Waals surface area contributed by atoms with Gasteiger partial charge in [-0.05, 0) is 31.0 Å². The summed E-state index contributed by atoms with van der Waals surface area (Å²) in [6, 6.07) is 6.12. The van der Waals surface area contributed by atoms with Crippen LogP contribution in [0.5, 0.6) is 0 Å². The molecule has 2 nitrogen and oxygen atoms in total. The highest BCUT2D eigenvalue weighted by molar-refractivity contribution is 6.31. The van der Waals surface area contributed by atoms with Gasteiger partial charge in [-0.1, -0.05) is 23.7 Å². The molecule has 0 saturated heterocycles. The van der Waals surface area contributed by atoms with Gasteiger partial charge in [0, 0.05) is 17.6 Å². The lowest BCUT2D eigenvalue weighted by molar-refractivity contribution is 0.251. The molecule has 1 aromatic carbocycles. The Kier molecular flexibility index (Phi) is 4.39. The van der Waals surface area contributed by atoms with Crippen molar-refractivity contribution in [3.8, 4) is 0 Å². The summed E-state index contributed by atoms with van der Waals surface area (Å²) < 4.78 is 0. The molecule has 0 radical (unpaired) electrons. The van der Waals surface area contributed by atoms with Gasteiger partial charge in [-0.25, -0.2) is 0 Å². The van der Waals surface area contributed by atoms with Crippen LogP contribution >= 0.6 is 11.6 Å². The topological polar surface area (TPSA) is 32.3 Å². The highest BCUT2D eigenvalue weighted by Gasteiger charge is 2.00. The number of aliphatic hydroxyl groups excluding tert-OH is 1. The maximum Gasteiger partial charge on any atom is 0.0582 e. The van der Waals surface area contributed by atoms with E-state index in [-0.39, 0.29) is 12.6 Å². The third-order valence-corrected chi connectivity index (χ3v) is 2.57. The molecule has 0 bridgehead atoms. The fourth-order valence-corrected chi connectivity index (χ4v) is 1.31. The predicted molar refractivity (Wildman–Crippen MR) is 59.6 cm³/mol. The summed E-state index contributed by atoms with van der Waals surface area (Å²) in [6.07, 6.45) is 0. The Morgan fingerprint density at radius 3 is 2.79 bits per heavy atom. The number of benzene rings is 1. The van der Waals surface area contributed by atoms with Crippen molar-refractivity contribution in [1.29, 1.82) is 0 Å². The van der Waals surface area contributed by atoms with Crippen molar-refractivity contribution in [2.75, 3.05) is 6.61 Å². The molecule has 0 saturated carbocycles. The van der Waals surface area contributed by atoms with Crippen LogP contribution in [0.3, 0.4) is 0 Å². The van der Waals surface area contributed by atoms with Gasteiger partial charge in [-0.15, -0.1) is 0 Å². The van der Waals surface area contributed by atoms with E-state index in [0.717, 1.165) is 22.7 Å². The first-order chi connectivity index (χ1) is 6.63. The number of nitrogens with one attached hydrogen (secondary N) is 1.